The fourth-order valence-corrected chi connectivity index (χ4v) is 3.18. The van der Waals surface area contributed by atoms with E-state index in [1.54, 1.807) is 0 Å². The number of rotatable bonds is 2. The maximum absolute atomic E-state index is 5.40. The number of ether oxygens (including phenoxy) is 1. The lowest BCUT2D eigenvalue weighted by Crippen LogP contribution is -2.39. The Labute approximate surface area is 100 Å². The molecular weight excluding hydrogens is 198 g/mol. The smallest absolute Gasteiger partial charge is 0.0594 e. The zero-order chi connectivity index (χ0) is 11.6. The zero-order valence-electron chi connectivity index (χ0n) is 11.2. The quantitative estimate of drug-likeness (QED) is 0.716. The van der Waals surface area contributed by atoms with Crippen molar-refractivity contribution in [2.45, 2.75) is 40.0 Å². The van der Waals surface area contributed by atoms with Gasteiger partial charge < -0.3 is 4.74 Å². The van der Waals surface area contributed by atoms with Crippen molar-refractivity contribution in [1.82, 2.24) is 4.90 Å². The first-order chi connectivity index (χ1) is 7.55. The minimum atomic E-state index is 0.514. The molecule has 1 saturated carbocycles. The van der Waals surface area contributed by atoms with Gasteiger partial charge in [0, 0.05) is 19.6 Å². The third kappa shape index (κ3) is 3.21. The fourth-order valence-electron chi connectivity index (χ4n) is 3.18. The van der Waals surface area contributed by atoms with Gasteiger partial charge in [-0.05, 0) is 36.5 Å². The average Bonchev–Trinajstić information content (AvgIpc) is 2.67. The van der Waals surface area contributed by atoms with Crippen molar-refractivity contribution in [2.24, 2.45) is 17.3 Å². The van der Waals surface area contributed by atoms with Crippen LogP contribution in [0.15, 0.2) is 0 Å². The summed E-state index contributed by atoms with van der Waals surface area (Å²) in [5.74, 6) is 1.89. The second kappa shape index (κ2) is 5.05. The zero-order valence-corrected chi connectivity index (χ0v) is 11.2. The Balaban J connectivity index is 1.76. The van der Waals surface area contributed by atoms with E-state index < -0.39 is 0 Å². The van der Waals surface area contributed by atoms with Gasteiger partial charge in [0.25, 0.3) is 0 Å². The summed E-state index contributed by atoms with van der Waals surface area (Å²) in [5.41, 5.74) is 0.514. The summed E-state index contributed by atoms with van der Waals surface area (Å²) in [5, 5.41) is 0. The maximum Gasteiger partial charge on any atom is 0.0594 e. The monoisotopic (exact) mass is 225 g/mol. The SMILES string of the molecule is CC(C)(C)C1CCC(CN2CCOCC2)C1. The Morgan fingerprint density at radius 2 is 1.81 bits per heavy atom. The second-order valence-electron chi connectivity index (χ2n) is 6.66. The van der Waals surface area contributed by atoms with Gasteiger partial charge in [-0.2, -0.15) is 0 Å². The highest BCUT2D eigenvalue weighted by molar-refractivity contribution is 4.85. The van der Waals surface area contributed by atoms with Crippen LogP contribution in [0.1, 0.15) is 40.0 Å². The third-order valence-corrected chi connectivity index (χ3v) is 4.39. The lowest BCUT2D eigenvalue weighted by Gasteiger charge is -2.30. The lowest BCUT2D eigenvalue weighted by atomic mass is 9.79. The van der Waals surface area contributed by atoms with Crippen LogP contribution >= 0.6 is 0 Å². The molecule has 0 bridgehead atoms. The summed E-state index contributed by atoms with van der Waals surface area (Å²) < 4.78 is 5.40. The van der Waals surface area contributed by atoms with Crippen LogP contribution in [0.25, 0.3) is 0 Å². The summed E-state index contributed by atoms with van der Waals surface area (Å²) in [4.78, 5) is 2.60. The molecule has 0 N–H and O–H groups in total. The normalized spacial score (nSPS) is 33.2. The number of nitrogens with zero attached hydrogens (tertiary/aromatic N) is 1. The Morgan fingerprint density at radius 1 is 1.12 bits per heavy atom. The first kappa shape index (κ1) is 12.4. The molecule has 94 valence electrons. The van der Waals surface area contributed by atoms with Crippen molar-refractivity contribution >= 4 is 0 Å². The van der Waals surface area contributed by atoms with Gasteiger partial charge in [-0.3, -0.25) is 4.90 Å². The summed E-state index contributed by atoms with van der Waals surface area (Å²) in [6, 6.07) is 0. The van der Waals surface area contributed by atoms with E-state index >= 15 is 0 Å². The van der Waals surface area contributed by atoms with Crippen LogP contribution in [0.2, 0.25) is 0 Å². The van der Waals surface area contributed by atoms with E-state index in [-0.39, 0.29) is 0 Å². The van der Waals surface area contributed by atoms with Crippen LogP contribution in [-0.4, -0.2) is 37.7 Å². The number of hydrogen-bond donors (Lipinski definition) is 0. The topological polar surface area (TPSA) is 12.5 Å². The molecule has 0 aromatic rings. The molecule has 1 heterocycles. The van der Waals surface area contributed by atoms with Crippen LogP contribution in [-0.2, 0) is 4.74 Å². The van der Waals surface area contributed by atoms with E-state index in [2.05, 4.69) is 25.7 Å². The van der Waals surface area contributed by atoms with Crippen LogP contribution in [0.5, 0.6) is 0 Å². The molecule has 2 aliphatic rings. The number of morpholine rings is 1. The van der Waals surface area contributed by atoms with Crippen LogP contribution in [0.3, 0.4) is 0 Å². The predicted octanol–water partition coefficient (Wildman–Crippen LogP) is 2.78. The maximum atomic E-state index is 5.40. The Morgan fingerprint density at radius 3 is 2.38 bits per heavy atom. The Kier molecular flexibility index (Phi) is 3.91. The van der Waals surface area contributed by atoms with Crippen LogP contribution in [0.4, 0.5) is 0 Å². The van der Waals surface area contributed by atoms with E-state index in [1.165, 1.54) is 25.8 Å². The molecule has 1 aliphatic carbocycles. The molecule has 0 radical (unpaired) electrons. The molecule has 0 amide bonds. The highest BCUT2D eigenvalue weighted by Crippen LogP contribution is 2.42. The summed E-state index contributed by atoms with van der Waals surface area (Å²) in [6.07, 6.45) is 4.33. The molecule has 2 rings (SSSR count). The summed E-state index contributed by atoms with van der Waals surface area (Å²) in [7, 11) is 0. The van der Waals surface area contributed by atoms with Crippen molar-refractivity contribution in [3.63, 3.8) is 0 Å². The second-order valence-corrected chi connectivity index (χ2v) is 6.66. The standard InChI is InChI=1S/C14H27NO/c1-14(2,3)13-5-4-12(10-13)11-15-6-8-16-9-7-15/h12-13H,4-11H2,1-3H3. The highest BCUT2D eigenvalue weighted by Gasteiger charge is 2.33. The molecule has 2 unspecified atom stereocenters. The van der Waals surface area contributed by atoms with E-state index in [9.17, 15) is 0 Å². The molecule has 2 heteroatoms. The largest absolute Gasteiger partial charge is 0.379 e. The van der Waals surface area contributed by atoms with Gasteiger partial charge in [0.1, 0.15) is 0 Å². The highest BCUT2D eigenvalue weighted by atomic mass is 16.5. The molecule has 2 nitrogen and oxygen atoms in total. The van der Waals surface area contributed by atoms with Crippen molar-refractivity contribution in [3.05, 3.63) is 0 Å². The van der Waals surface area contributed by atoms with Crippen LogP contribution in [0, 0.1) is 17.3 Å². The van der Waals surface area contributed by atoms with E-state index in [4.69, 9.17) is 4.74 Å². The molecular formula is C14H27NO. The van der Waals surface area contributed by atoms with E-state index in [1.807, 2.05) is 0 Å². The van der Waals surface area contributed by atoms with E-state index in [0.29, 0.717) is 5.41 Å². The van der Waals surface area contributed by atoms with Gasteiger partial charge in [0.05, 0.1) is 13.2 Å². The molecule has 1 saturated heterocycles. The molecule has 0 aromatic heterocycles. The van der Waals surface area contributed by atoms with Gasteiger partial charge in [-0.15, -0.1) is 0 Å². The first-order valence-electron chi connectivity index (χ1n) is 6.86. The molecule has 0 spiro atoms. The van der Waals surface area contributed by atoms with Crippen molar-refractivity contribution in [1.29, 1.82) is 0 Å². The van der Waals surface area contributed by atoms with Crippen LogP contribution < -0.4 is 0 Å². The van der Waals surface area contributed by atoms with Crippen molar-refractivity contribution in [2.75, 3.05) is 32.8 Å². The third-order valence-electron chi connectivity index (χ3n) is 4.39. The van der Waals surface area contributed by atoms with Gasteiger partial charge in [-0.1, -0.05) is 20.8 Å². The first-order valence-corrected chi connectivity index (χ1v) is 6.86. The lowest BCUT2D eigenvalue weighted by molar-refractivity contribution is 0.0304. The van der Waals surface area contributed by atoms with Gasteiger partial charge in [0.15, 0.2) is 0 Å². The molecule has 2 fully saturated rings. The van der Waals surface area contributed by atoms with Crippen molar-refractivity contribution in [3.8, 4) is 0 Å². The molecule has 0 aromatic carbocycles. The summed E-state index contributed by atoms with van der Waals surface area (Å²) in [6.45, 7) is 12.7. The summed E-state index contributed by atoms with van der Waals surface area (Å²) >= 11 is 0. The van der Waals surface area contributed by atoms with Crippen molar-refractivity contribution < 1.29 is 4.74 Å². The fraction of sp³-hybridized carbons (Fsp3) is 1.00. The number of hydrogen-bond acceptors (Lipinski definition) is 2. The molecule has 1 aliphatic heterocycles. The van der Waals surface area contributed by atoms with Gasteiger partial charge in [-0.25, -0.2) is 0 Å². The van der Waals surface area contributed by atoms with Gasteiger partial charge >= 0.3 is 0 Å². The minimum absolute atomic E-state index is 0.514. The molecule has 16 heavy (non-hydrogen) atoms. The molecule has 2 atom stereocenters. The average molecular weight is 225 g/mol. The van der Waals surface area contributed by atoms with Gasteiger partial charge in [0.2, 0.25) is 0 Å². The Hall–Kier alpha value is -0.0800. The minimum Gasteiger partial charge on any atom is -0.379 e. The Bertz CT molecular complexity index is 215. The van der Waals surface area contributed by atoms with E-state index in [0.717, 1.165) is 38.1 Å². The predicted molar refractivity (Wildman–Crippen MR) is 67.5 cm³/mol.